The van der Waals surface area contributed by atoms with E-state index in [4.69, 9.17) is 14.5 Å². The smallest absolute Gasteiger partial charge is 0.233 e. The first-order valence-corrected chi connectivity index (χ1v) is 12.0. The van der Waals surface area contributed by atoms with Gasteiger partial charge in [-0.05, 0) is 50.1 Å². The molecule has 35 heavy (non-hydrogen) atoms. The molecule has 8 heteroatoms. The van der Waals surface area contributed by atoms with Crippen LogP contribution in [0.3, 0.4) is 0 Å². The van der Waals surface area contributed by atoms with Gasteiger partial charge in [0.05, 0.1) is 19.6 Å². The Kier molecular flexibility index (Phi) is 6.19. The predicted molar refractivity (Wildman–Crippen MR) is 136 cm³/mol. The van der Waals surface area contributed by atoms with Gasteiger partial charge in [0.1, 0.15) is 17.3 Å². The van der Waals surface area contributed by atoms with E-state index < -0.39 is 5.41 Å². The lowest BCUT2D eigenvalue weighted by atomic mass is 9.93. The van der Waals surface area contributed by atoms with Crippen LogP contribution in [-0.2, 0) is 10.2 Å². The van der Waals surface area contributed by atoms with E-state index in [-0.39, 0.29) is 5.91 Å². The molecule has 182 valence electrons. The normalized spacial score (nSPS) is 16.5. The van der Waals surface area contributed by atoms with Crippen LogP contribution < -0.4 is 19.7 Å². The molecular weight excluding hydrogens is 442 g/mol. The largest absolute Gasteiger partial charge is 0.497 e. The molecule has 0 radical (unpaired) electrons. The number of aromatic nitrogens is 2. The van der Waals surface area contributed by atoms with Crippen molar-refractivity contribution in [1.82, 2.24) is 14.9 Å². The summed E-state index contributed by atoms with van der Waals surface area (Å²) < 4.78 is 10.8. The Bertz CT molecular complexity index is 1200. The molecule has 1 aromatic heterocycles. The molecule has 3 aromatic rings. The van der Waals surface area contributed by atoms with E-state index >= 15 is 0 Å². The van der Waals surface area contributed by atoms with Crippen LogP contribution in [0.5, 0.6) is 11.5 Å². The van der Waals surface area contributed by atoms with Crippen molar-refractivity contribution in [1.29, 1.82) is 0 Å². The Morgan fingerprint density at radius 2 is 1.66 bits per heavy atom. The van der Waals surface area contributed by atoms with Crippen LogP contribution in [0.25, 0.3) is 0 Å². The van der Waals surface area contributed by atoms with Crippen molar-refractivity contribution >= 4 is 23.4 Å². The van der Waals surface area contributed by atoms with Gasteiger partial charge >= 0.3 is 0 Å². The number of methoxy groups -OCH3 is 2. The van der Waals surface area contributed by atoms with Gasteiger partial charge in [0.25, 0.3) is 0 Å². The highest BCUT2D eigenvalue weighted by Crippen LogP contribution is 2.52. The molecule has 1 N–H and O–H groups in total. The maximum atomic E-state index is 13.6. The van der Waals surface area contributed by atoms with Crippen LogP contribution in [0.4, 0.5) is 17.5 Å². The number of piperazine rings is 1. The van der Waals surface area contributed by atoms with Gasteiger partial charge in [0.2, 0.25) is 11.9 Å². The molecule has 2 aromatic carbocycles. The van der Waals surface area contributed by atoms with Crippen molar-refractivity contribution in [2.24, 2.45) is 0 Å². The molecule has 1 saturated heterocycles. The number of ether oxygens (including phenoxy) is 2. The summed E-state index contributed by atoms with van der Waals surface area (Å²) in [7, 11) is 3.32. The van der Waals surface area contributed by atoms with E-state index in [1.165, 1.54) is 0 Å². The fourth-order valence-corrected chi connectivity index (χ4v) is 4.76. The van der Waals surface area contributed by atoms with Gasteiger partial charge < -0.3 is 24.6 Å². The van der Waals surface area contributed by atoms with E-state index in [1.807, 2.05) is 66.4 Å². The molecule has 0 bridgehead atoms. The van der Waals surface area contributed by atoms with E-state index in [2.05, 4.69) is 15.2 Å². The number of carbonyl (C=O) groups is 1. The fourth-order valence-electron chi connectivity index (χ4n) is 4.76. The summed E-state index contributed by atoms with van der Waals surface area (Å²) in [6, 6.07) is 17.5. The third-order valence-electron chi connectivity index (χ3n) is 6.84. The van der Waals surface area contributed by atoms with E-state index in [9.17, 15) is 4.79 Å². The number of rotatable bonds is 7. The van der Waals surface area contributed by atoms with Crippen LogP contribution in [0.1, 0.15) is 24.1 Å². The Balaban J connectivity index is 1.26. The first-order chi connectivity index (χ1) is 17.0. The number of amides is 1. The summed E-state index contributed by atoms with van der Waals surface area (Å²) in [4.78, 5) is 27.1. The van der Waals surface area contributed by atoms with Gasteiger partial charge in [-0.1, -0.05) is 18.2 Å². The van der Waals surface area contributed by atoms with Crippen LogP contribution in [0.2, 0.25) is 0 Å². The molecule has 2 heterocycles. The Morgan fingerprint density at radius 1 is 0.943 bits per heavy atom. The lowest BCUT2D eigenvalue weighted by molar-refractivity contribution is -0.134. The number of hydrogen-bond donors (Lipinski definition) is 1. The van der Waals surface area contributed by atoms with Crippen LogP contribution >= 0.6 is 0 Å². The summed E-state index contributed by atoms with van der Waals surface area (Å²) in [5, 5.41) is 3.35. The predicted octanol–water partition coefficient (Wildman–Crippen LogP) is 3.93. The fraction of sp³-hybridized carbons (Fsp3) is 0.370. The molecule has 1 saturated carbocycles. The van der Waals surface area contributed by atoms with Gasteiger partial charge in [-0.3, -0.25) is 4.79 Å². The minimum atomic E-state index is -0.440. The maximum absolute atomic E-state index is 13.6. The molecule has 1 amide bonds. The molecule has 5 rings (SSSR count). The van der Waals surface area contributed by atoms with Crippen molar-refractivity contribution in [2.45, 2.75) is 25.2 Å². The molecule has 0 unspecified atom stereocenters. The summed E-state index contributed by atoms with van der Waals surface area (Å²) in [5.41, 5.74) is 2.38. The lowest BCUT2D eigenvalue weighted by Crippen LogP contribution is -2.52. The monoisotopic (exact) mass is 473 g/mol. The van der Waals surface area contributed by atoms with Gasteiger partial charge in [0.15, 0.2) is 0 Å². The summed E-state index contributed by atoms with van der Waals surface area (Å²) >= 11 is 0. The topological polar surface area (TPSA) is 79.8 Å². The van der Waals surface area contributed by atoms with Crippen LogP contribution in [-0.4, -0.2) is 61.2 Å². The summed E-state index contributed by atoms with van der Waals surface area (Å²) in [6.07, 6.45) is 1.74. The average Bonchev–Trinajstić information content (AvgIpc) is 3.70. The van der Waals surface area contributed by atoms with Crippen LogP contribution in [0.15, 0.2) is 54.6 Å². The molecule has 8 nitrogen and oxygen atoms in total. The summed E-state index contributed by atoms with van der Waals surface area (Å²) in [5.74, 6) is 3.22. The van der Waals surface area contributed by atoms with Crippen molar-refractivity contribution in [3.8, 4) is 11.5 Å². The minimum absolute atomic E-state index is 0.202. The molecule has 1 aliphatic heterocycles. The SMILES string of the molecule is COc1ccc(Nc2cc(C)nc(N3CCN(C(=O)C4(c5ccccc5OC)CC4)CC3)n2)cc1. The van der Waals surface area contributed by atoms with Crippen molar-refractivity contribution < 1.29 is 14.3 Å². The van der Waals surface area contributed by atoms with Crippen molar-refractivity contribution in [3.05, 3.63) is 65.9 Å². The number of benzene rings is 2. The molecular formula is C27H31N5O3. The molecule has 2 aliphatic rings. The van der Waals surface area contributed by atoms with Crippen molar-refractivity contribution in [3.63, 3.8) is 0 Å². The molecule has 0 spiro atoms. The highest BCUT2D eigenvalue weighted by atomic mass is 16.5. The number of carbonyl (C=O) groups excluding carboxylic acids is 1. The number of anilines is 3. The number of para-hydroxylation sites is 1. The first-order valence-electron chi connectivity index (χ1n) is 12.0. The lowest BCUT2D eigenvalue weighted by Gasteiger charge is -2.37. The number of nitrogens with one attached hydrogen (secondary N) is 1. The second kappa shape index (κ2) is 9.44. The second-order valence-electron chi connectivity index (χ2n) is 9.11. The quantitative estimate of drug-likeness (QED) is 0.557. The van der Waals surface area contributed by atoms with Gasteiger partial charge in [0, 0.05) is 49.2 Å². The first kappa shape index (κ1) is 23.0. The van der Waals surface area contributed by atoms with E-state index in [0.29, 0.717) is 32.1 Å². The second-order valence-corrected chi connectivity index (χ2v) is 9.11. The summed E-state index contributed by atoms with van der Waals surface area (Å²) in [6.45, 7) is 4.65. The third-order valence-corrected chi connectivity index (χ3v) is 6.84. The Hall–Kier alpha value is -3.81. The average molecular weight is 474 g/mol. The zero-order chi connectivity index (χ0) is 24.4. The maximum Gasteiger partial charge on any atom is 0.233 e. The van der Waals surface area contributed by atoms with Gasteiger partial charge in [-0.15, -0.1) is 0 Å². The van der Waals surface area contributed by atoms with Crippen LogP contribution in [0, 0.1) is 6.92 Å². The standard InChI is InChI=1S/C27H31N5O3/c1-19-18-24(29-20-8-10-21(34-2)11-9-20)30-26(28-19)32-16-14-31(15-17-32)25(33)27(12-13-27)22-6-4-5-7-23(22)35-3/h4-11,18H,12-17H2,1-3H3,(H,28,29,30). The van der Waals surface area contributed by atoms with Gasteiger partial charge in [-0.2, -0.15) is 4.98 Å². The number of nitrogens with zero attached hydrogens (tertiary/aromatic N) is 4. The number of hydrogen-bond acceptors (Lipinski definition) is 7. The minimum Gasteiger partial charge on any atom is -0.497 e. The highest BCUT2D eigenvalue weighted by Gasteiger charge is 2.54. The molecule has 0 atom stereocenters. The zero-order valence-corrected chi connectivity index (χ0v) is 20.5. The molecule has 2 fully saturated rings. The third kappa shape index (κ3) is 4.60. The highest BCUT2D eigenvalue weighted by molar-refractivity contribution is 5.92. The Morgan fingerprint density at radius 3 is 2.31 bits per heavy atom. The Labute approximate surface area is 205 Å². The van der Waals surface area contributed by atoms with E-state index in [1.54, 1.807) is 14.2 Å². The van der Waals surface area contributed by atoms with Gasteiger partial charge in [-0.25, -0.2) is 4.98 Å². The number of aryl methyl sites for hydroxylation is 1. The van der Waals surface area contributed by atoms with Crippen molar-refractivity contribution in [2.75, 3.05) is 50.6 Å². The van der Waals surface area contributed by atoms with E-state index in [0.717, 1.165) is 47.1 Å². The molecule has 1 aliphatic carbocycles. The zero-order valence-electron chi connectivity index (χ0n) is 20.5.